The van der Waals surface area contributed by atoms with Crippen LogP contribution in [-0.2, 0) is 4.79 Å². The summed E-state index contributed by atoms with van der Waals surface area (Å²) in [6, 6.07) is 15.3. The predicted molar refractivity (Wildman–Crippen MR) is 95.5 cm³/mol. The van der Waals surface area contributed by atoms with Gasteiger partial charge in [0.15, 0.2) is 0 Å². The highest BCUT2D eigenvalue weighted by Crippen LogP contribution is 2.21. The van der Waals surface area contributed by atoms with E-state index in [9.17, 15) is 4.79 Å². The van der Waals surface area contributed by atoms with Crippen LogP contribution in [0, 0.1) is 0 Å². The molecule has 0 fully saturated rings. The normalized spacial score (nSPS) is 10.7. The molecule has 0 aliphatic heterocycles. The Labute approximate surface area is 144 Å². The molecular formula is C17H17ClN2O2S. The summed E-state index contributed by atoms with van der Waals surface area (Å²) in [7, 11) is 0. The highest BCUT2D eigenvalue weighted by molar-refractivity contribution is 7.99. The zero-order valence-corrected chi connectivity index (χ0v) is 14.2. The third kappa shape index (κ3) is 6.34. The summed E-state index contributed by atoms with van der Waals surface area (Å²) >= 11 is 7.56. The summed E-state index contributed by atoms with van der Waals surface area (Å²) in [5, 5.41) is 4.60. The van der Waals surface area contributed by atoms with Gasteiger partial charge in [-0.1, -0.05) is 23.7 Å². The van der Waals surface area contributed by atoms with E-state index in [2.05, 4.69) is 10.5 Å². The Hall–Kier alpha value is -1.98. The number of para-hydroxylation sites is 1. The number of carbonyl (C=O) groups is 1. The van der Waals surface area contributed by atoms with Gasteiger partial charge in [-0.15, -0.1) is 11.8 Å². The van der Waals surface area contributed by atoms with Crippen LogP contribution in [0.1, 0.15) is 12.5 Å². The van der Waals surface area contributed by atoms with Gasteiger partial charge in [-0.25, -0.2) is 5.43 Å². The Morgan fingerprint density at radius 1 is 1.26 bits per heavy atom. The molecule has 2 aromatic carbocycles. The molecule has 120 valence electrons. The summed E-state index contributed by atoms with van der Waals surface area (Å²) in [5.74, 6) is 1.34. The van der Waals surface area contributed by atoms with Crippen molar-refractivity contribution in [2.24, 2.45) is 5.10 Å². The highest BCUT2D eigenvalue weighted by Gasteiger charge is 2.01. The molecule has 0 heterocycles. The number of hydrogen-bond acceptors (Lipinski definition) is 4. The first-order chi connectivity index (χ1) is 11.1. The lowest BCUT2D eigenvalue weighted by Crippen LogP contribution is -2.12. The van der Waals surface area contributed by atoms with Gasteiger partial charge in [0.1, 0.15) is 5.75 Å². The van der Waals surface area contributed by atoms with Crippen molar-refractivity contribution in [3.63, 3.8) is 0 Å². The van der Waals surface area contributed by atoms with Crippen LogP contribution in [-0.4, -0.2) is 24.5 Å². The number of amides is 1. The van der Waals surface area contributed by atoms with Gasteiger partial charge in [-0.05, 0) is 36.4 Å². The molecule has 1 amide bonds. The number of ether oxygens (including phenoxy) is 1. The molecule has 0 saturated heterocycles. The van der Waals surface area contributed by atoms with Gasteiger partial charge < -0.3 is 4.74 Å². The van der Waals surface area contributed by atoms with Gasteiger partial charge >= 0.3 is 0 Å². The molecule has 2 rings (SSSR count). The monoisotopic (exact) mass is 348 g/mol. The average Bonchev–Trinajstić information content (AvgIpc) is 2.54. The van der Waals surface area contributed by atoms with Crippen molar-refractivity contribution < 1.29 is 9.53 Å². The first-order valence-corrected chi connectivity index (χ1v) is 8.41. The fraction of sp³-hybridized carbons (Fsp3) is 0.176. The average molecular weight is 349 g/mol. The summed E-state index contributed by atoms with van der Waals surface area (Å²) in [6.07, 6.45) is 1.57. The number of halogens is 1. The molecule has 4 nitrogen and oxygen atoms in total. The molecule has 0 aliphatic rings. The molecule has 0 spiro atoms. The number of nitrogens with zero attached hydrogens (tertiary/aromatic N) is 1. The van der Waals surface area contributed by atoms with Crippen molar-refractivity contribution >= 4 is 35.5 Å². The van der Waals surface area contributed by atoms with E-state index in [0.29, 0.717) is 6.61 Å². The summed E-state index contributed by atoms with van der Waals surface area (Å²) in [6.45, 7) is 1.98. The molecule has 6 heteroatoms. The number of benzene rings is 2. The Kier molecular flexibility index (Phi) is 6.97. The van der Waals surface area contributed by atoms with Crippen molar-refractivity contribution in [1.82, 2.24) is 5.43 Å². The number of hydrogen-bond donors (Lipinski definition) is 1. The third-order valence-electron chi connectivity index (χ3n) is 2.77. The molecule has 0 aliphatic carbocycles. The van der Waals surface area contributed by atoms with Gasteiger partial charge in [0.05, 0.1) is 12.8 Å². The lowest BCUT2D eigenvalue weighted by atomic mass is 10.2. The highest BCUT2D eigenvalue weighted by atomic mass is 35.5. The van der Waals surface area contributed by atoms with Gasteiger partial charge in [0.2, 0.25) is 5.91 Å². The number of nitrogens with one attached hydrogen (secondary N) is 1. The Morgan fingerprint density at radius 3 is 2.74 bits per heavy atom. The zero-order valence-electron chi connectivity index (χ0n) is 12.7. The molecule has 0 bridgehead atoms. The van der Waals surface area contributed by atoms with Crippen LogP contribution >= 0.6 is 23.4 Å². The minimum absolute atomic E-state index is 0.209. The summed E-state index contributed by atoms with van der Waals surface area (Å²) in [4.78, 5) is 12.0. The summed E-state index contributed by atoms with van der Waals surface area (Å²) in [5.41, 5.74) is 3.19. The largest absolute Gasteiger partial charge is 0.492 e. The van der Waals surface area contributed by atoms with Crippen LogP contribution in [0.3, 0.4) is 0 Å². The molecule has 0 unspecified atom stereocenters. The van der Waals surface area contributed by atoms with E-state index in [1.807, 2.05) is 48.5 Å². The fourth-order valence-corrected chi connectivity index (χ4v) is 2.61. The second kappa shape index (κ2) is 9.22. The second-order valence-electron chi connectivity index (χ2n) is 4.61. The minimum Gasteiger partial charge on any atom is -0.492 e. The molecule has 0 saturated carbocycles. The minimum atomic E-state index is -0.209. The first-order valence-electron chi connectivity index (χ1n) is 7.05. The van der Waals surface area contributed by atoms with E-state index in [0.717, 1.165) is 27.0 Å². The van der Waals surface area contributed by atoms with E-state index >= 15 is 0 Å². The molecule has 1 N–H and O–H groups in total. The molecule has 0 radical (unpaired) electrons. The lowest BCUT2D eigenvalue weighted by molar-refractivity contribution is -0.118. The van der Waals surface area contributed by atoms with Crippen LogP contribution in [0.2, 0.25) is 5.02 Å². The topological polar surface area (TPSA) is 50.7 Å². The standard InChI is InChI=1S/C17H17ClN2O2S/c1-13(21)20-19-12-14-4-2-3-5-17(14)22-10-11-23-16-8-6-15(18)7-9-16/h2-9,12H,10-11H2,1H3,(H,20,21)/b19-12+. The smallest absolute Gasteiger partial charge is 0.236 e. The van der Waals surface area contributed by atoms with Crippen LogP contribution in [0.15, 0.2) is 58.5 Å². The lowest BCUT2D eigenvalue weighted by Gasteiger charge is -2.08. The maximum atomic E-state index is 10.8. The Bertz CT molecular complexity index is 675. The Morgan fingerprint density at radius 2 is 2.00 bits per heavy atom. The number of carbonyl (C=O) groups excluding carboxylic acids is 1. The first kappa shape index (κ1) is 17.4. The van der Waals surface area contributed by atoms with E-state index < -0.39 is 0 Å². The molecule has 0 atom stereocenters. The van der Waals surface area contributed by atoms with Crippen LogP contribution in [0.25, 0.3) is 0 Å². The SMILES string of the molecule is CC(=O)N/N=C/c1ccccc1OCCSc1ccc(Cl)cc1. The van der Waals surface area contributed by atoms with E-state index in [1.54, 1.807) is 18.0 Å². The zero-order chi connectivity index (χ0) is 16.5. The van der Waals surface area contributed by atoms with E-state index in [1.165, 1.54) is 6.92 Å². The third-order valence-corrected chi connectivity index (χ3v) is 4.00. The molecular weight excluding hydrogens is 332 g/mol. The second-order valence-corrected chi connectivity index (χ2v) is 6.22. The molecule has 23 heavy (non-hydrogen) atoms. The van der Waals surface area contributed by atoms with E-state index in [-0.39, 0.29) is 5.91 Å². The van der Waals surface area contributed by atoms with Crippen LogP contribution in [0.5, 0.6) is 5.75 Å². The van der Waals surface area contributed by atoms with Gasteiger partial charge in [-0.2, -0.15) is 5.10 Å². The van der Waals surface area contributed by atoms with Crippen molar-refractivity contribution in [3.8, 4) is 5.75 Å². The summed E-state index contributed by atoms with van der Waals surface area (Å²) < 4.78 is 5.79. The number of rotatable bonds is 7. The fourth-order valence-electron chi connectivity index (χ4n) is 1.75. The van der Waals surface area contributed by atoms with Gasteiger partial charge in [-0.3, -0.25) is 4.79 Å². The number of thioether (sulfide) groups is 1. The van der Waals surface area contributed by atoms with E-state index in [4.69, 9.17) is 16.3 Å². The quantitative estimate of drug-likeness (QED) is 0.356. The van der Waals surface area contributed by atoms with Crippen molar-refractivity contribution in [1.29, 1.82) is 0 Å². The predicted octanol–water partition coefficient (Wildman–Crippen LogP) is 3.98. The van der Waals surface area contributed by atoms with Crippen molar-refractivity contribution in [3.05, 3.63) is 59.1 Å². The van der Waals surface area contributed by atoms with Crippen molar-refractivity contribution in [2.75, 3.05) is 12.4 Å². The Balaban J connectivity index is 1.84. The van der Waals surface area contributed by atoms with Crippen molar-refractivity contribution in [2.45, 2.75) is 11.8 Å². The molecule has 0 aromatic heterocycles. The van der Waals surface area contributed by atoms with Crippen LogP contribution in [0.4, 0.5) is 0 Å². The molecule has 2 aromatic rings. The van der Waals surface area contributed by atoms with Gasteiger partial charge in [0.25, 0.3) is 0 Å². The maximum absolute atomic E-state index is 10.8. The maximum Gasteiger partial charge on any atom is 0.236 e. The number of hydrazone groups is 1. The van der Waals surface area contributed by atoms with Crippen LogP contribution < -0.4 is 10.2 Å². The van der Waals surface area contributed by atoms with Gasteiger partial charge in [0, 0.05) is 28.2 Å².